The van der Waals surface area contributed by atoms with Gasteiger partial charge in [0, 0.05) is 29.2 Å². The van der Waals surface area contributed by atoms with Gasteiger partial charge in [-0.1, -0.05) is 13.8 Å². The lowest BCUT2D eigenvalue weighted by Gasteiger charge is -2.22. The maximum Gasteiger partial charge on any atom is 0.124 e. The molecule has 0 fully saturated rings. The van der Waals surface area contributed by atoms with E-state index in [1.807, 2.05) is 6.20 Å². The van der Waals surface area contributed by atoms with Crippen molar-refractivity contribution >= 4 is 10.9 Å². The van der Waals surface area contributed by atoms with Crippen molar-refractivity contribution in [1.29, 1.82) is 0 Å². The topological polar surface area (TPSA) is 28.3 Å². The average molecular weight is 260 g/mol. The van der Waals surface area contributed by atoms with Gasteiger partial charge < -0.3 is 9.72 Å². The summed E-state index contributed by atoms with van der Waals surface area (Å²) in [6, 6.07) is 4.29. The predicted octanol–water partition coefficient (Wildman–Crippen LogP) is 3.72. The van der Waals surface area contributed by atoms with E-state index in [1.54, 1.807) is 7.11 Å². The molecular formula is C16H24N2O. The third-order valence-corrected chi connectivity index (χ3v) is 3.70. The minimum Gasteiger partial charge on any atom is -0.496 e. The van der Waals surface area contributed by atoms with Crippen molar-refractivity contribution in [3.05, 3.63) is 29.5 Å². The molecule has 0 amide bonds. The van der Waals surface area contributed by atoms with Crippen LogP contribution >= 0.6 is 0 Å². The van der Waals surface area contributed by atoms with Crippen LogP contribution in [0.3, 0.4) is 0 Å². The number of nitrogens with one attached hydrogen (secondary N) is 1. The number of aryl methyl sites for hydroxylation is 1. The van der Waals surface area contributed by atoms with E-state index in [0.717, 1.165) is 25.4 Å². The van der Waals surface area contributed by atoms with Crippen molar-refractivity contribution in [3.63, 3.8) is 0 Å². The zero-order chi connectivity index (χ0) is 13.8. The van der Waals surface area contributed by atoms with Gasteiger partial charge >= 0.3 is 0 Å². The summed E-state index contributed by atoms with van der Waals surface area (Å²) in [5.74, 6) is 0.999. The first kappa shape index (κ1) is 13.9. The number of methoxy groups -OCH3 is 1. The number of benzene rings is 1. The zero-order valence-electron chi connectivity index (χ0n) is 12.4. The number of fused-ring (bicyclic) bond motifs is 1. The van der Waals surface area contributed by atoms with Crippen molar-refractivity contribution in [3.8, 4) is 5.75 Å². The smallest absolute Gasteiger partial charge is 0.124 e. The van der Waals surface area contributed by atoms with Gasteiger partial charge in [0.25, 0.3) is 0 Å². The monoisotopic (exact) mass is 260 g/mol. The van der Waals surface area contributed by atoms with Gasteiger partial charge in [-0.2, -0.15) is 0 Å². The second-order valence-electron chi connectivity index (χ2n) is 5.01. The molecule has 1 aromatic carbocycles. The molecular weight excluding hydrogens is 236 g/mol. The first-order chi connectivity index (χ1) is 9.21. The van der Waals surface area contributed by atoms with Crippen molar-refractivity contribution in [2.75, 3.05) is 20.2 Å². The third kappa shape index (κ3) is 2.76. The number of H-pyrrole nitrogens is 1. The normalized spacial score (nSPS) is 11.4. The van der Waals surface area contributed by atoms with Crippen LogP contribution in [0.1, 0.15) is 31.4 Å². The Morgan fingerprint density at radius 1 is 1.32 bits per heavy atom. The molecule has 2 rings (SSSR count). The number of hydrogen-bond donors (Lipinski definition) is 1. The zero-order valence-corrected chi connectivity index (χ0v) is 12.4. The lowest BCUT2D eigenvalue weighted by Crippen LogP contribution is -2.24. The highest BCUT2D eigenvalue weighted by atomic mass is 16.5. The molecule has 1 N–H and O–H groups in total. The molecule has 0 aliphatic rings. The van der Waals surface area contributed by atoms with E-state index in [4.69, 9.17) is 4.74 Å². The molecule has 0 aliphatic carbocycles. The Balaban J connectivity index is 2.45. The Labute approximate surface area is 115 Å². The standard InChI is InChI=1S/C16H24N2O/c1-5-9-18(6-2)11-14-13-7-8-17-16(13)12(3)10-15(14)19-4/h7-8,10,17H,5-6,9,11H2,1-4H3. The quantitative estimate of drug-likeness (QED) is 0.857. The molecule has 3 nitrogen and oxygen atoms in total. The third-order valence-electron chi connectivity index (χ3n) is 3.70. The van der Waals surface area contributed by atoms with E-state index in [-0.39, 0.29) is 0 Å². The van der Waals surface area contributed by atoms with Gasteiger partial charge in [0.05, 0.1) is 7.11 Å². The van der Waals surface area contributed by atoms with Crippen LogP contribution in [0.4, 0.5) is 0 Å². The Hall–Kier alpha value is -1.48. The summed E-state index contributed by atoms with van der Waals surface area (Å²) in [5, 5.41) is 1.28. The summed E-state index contributed by atoms with van der Waals surface area (Å²) < 4.78 is 5.59. The second kappa shape index (κ2) is 6.11. The van der Waals surface area contributed by atoms with Gasteiger partial charge in [-0.3, -0.25) is 4.90 Å². The van der Waals surface area contributed by atoms with Crippen LogP contribution in [0.25, 0.3) is 10.9 Å². The van der Waals surface area contributed by atoms with Crippen molar-refractivity contribution in [2.45, 2.75) is 33.7 Å². The number of ether oxygens (including phenoxy) is 1. The summed E-state index contributed by atoms with van der Waals surface area (Å²) in [6.07, 6.45) is 3.19. The van der Waals surface area contributed by atoms with Crippen LogP contribution in [-0.4, -0.2) is 30.1 Å². The number of hydrogen-bond acceptors (Lipinski definition) is 2. The van der Waals surface area contributed by atoms with Crippen LogP contribution < -0.4 is 4.74 Å². The van der Waals surface area contributed by atoms with Crippen LogP contribution in [0, 0.1) is 6.92 Å². The fraction of sp³-hybridized carbons (Fsp3) is 0.500. The lowest BCUT2D eigenvalue weighted by molar-refractivity contribution is 0.276. The SMILES string of the molecule is CCCN(CC)Cc1c(OC)cc(C)c2[nH]ccc12. The maximum atomic E-state index is 5.59. The van der Waals surface area contributed by atoms with E-state index in [0.29, 0.717) is 0 Å². The Bertz CT molecular complexity index is 545. The largest absolute Gasteiger partial charge is 0.496 e. The fourth-order valence-corrected chi connectivity index (χ4v) is 2.67. The molecule has 0 saturated heterocycles. The Morgan fingerprint density at radius 3 is 2.74 bits per heavy atom. The number of aromatic amines is 1. The molecule has 0 saturated carbocycles. The van der Waals surface area contributed by atoms with Crippen molar-refractivity contribution < 1.29 is 4.74 Å². The molecule has 2 aromatic rings. The minimum atomic E-state index is 0.947. The van der Waals surface area contributed by atoms with E-state index in [2.05, 4.69) is 42.8 Å². The highest BCUT2D eigenvalue weighted by Gasteiger charge is 2.14. The minimum absolute atomic E-state index is 0.947. The van der Waals surface area contributed by atoms with Gasteiger partial charge in [-0.05, 0) is 44.1 Å². The first-order valence-corrected chi connectivity index (χ1v) is 7.07. The van der Waals surface area contributed by atoms with Gasteiger partial charge in [0.15, 0.2) is 0 Å². The molecule has 0 aliphatic heterocycles. The first-order valence-electron chi connectivity index (χ1n) is 7.07. The van der Waals surface area contributed by atoms with E-state index >= 15 is 0 Å². The van der Waals surface area contributed by atoms with Crippen LogP contribution in [0.5, 0.6) is 5.75 Å². The van der Waals surface area contributed by atoms with Crippen LogP contribution in [0.15, 0.2) is 18.3 Å². The summed E-state index contributed by atoms with van der Waals surface area (Å²) in [5.41, 5.74) is 3.75. The second-order valence-corrected chi connectivity index (χ2v) is 5.01. The molecule has 0 bridgehead atoms. The van der Waals surface area contributed by atoms with Crippen molar-refractivity contribution in [2.24, 2.45) is 0 Å². The number of rotatable bonds is 6. The van der Waals surface area contributed by atoms with Gasteiger partial charge in [0.2, 0.25) is 0 Å². The van der Waals surface area contributed by atoms with Gasteiger partial charge in [-0.15, -0.1) is 0 Å². The molecule has 0 spiro atoms. The van der Waals surface area contributed by atoms with Crippen molar-refractivity contribution in [1.82, 2.24) is 9.88 Å². The maximum absolute atomic E-state index is 5.59. The summed E-state index contributed by atoms with van der Waals surface area (Å²) >= 11 is 0. The summed E-state index contributed by atoms with van der Waals surface area (Å²) in [7, 11) is 1.76. The van der Waals surface area contributed by atoms with Gasteiger partial charge in [-0.25, -0.2) is 0 Å². The molecule has 104 valence electrons. The number of aromatic nitrogens is 1. The summed E-state index contributed by atoms with van der Waals surface area (Å²) in [6.45, 7) is 9.69. The van der Waals surface area contributed by atoms with E-state index < -0.39 is 0 Å². The predicted molar refractivity (Wildman–Crippen MR) is 80.8 cm³/mol. The molecule has 19 heavy (non-hydrogen) atoms. The summed E-state index contributed by atoms with van der Waals surface area (Å²) in [4.78, 5) is 5.79. The fourth-order valence-electron chi connectivity index (χ4n) is 2.67. The number of nitrogens with zero attached hydrogens (tertiary/aromatic N) is 1. The van der Waals surface area contributed by atoms with Gasteiger partial charge in [0.1, 0.15) is 5.75 Å². The average Bonchev–Trinajstić information content (AvgIpc) is 2.90. The molecule has 0 radical (unpaired) electrons. The molecule has 3 heteroatoms. The van der Waals surface area contributed by atoms with E-state index in [1.165, 1.54) is 28.5 Å². The highest BCUT2D eigenvalue weighted by Crippen LogP contribution is 2.31. The van der Waals surface area contributed by atoms with E-state index in [9.17, 15) is 0 Å². The Morgan fingerprint density at radius 2 is 2.11 bits per heavy atom. The lowest BCUT2D eigenvalue weighted by atomic mass is 10.0. The van der Waals surface area contributed by atoms with Crippen LogP contribution in [0.2, 0.25) is 0 Å². The highest BCUT2D eigenvalue weighted by molar-refractivity contribution is 5.88. The Kier molecular flexibility index (Phi) is 4.48. The molecule has 1 heterocycles. The molecule has 1 aromatic heterocycles. The molecule has 0 unspecified atom stereocenters. The van der Waals surface area contributed by atoms with Crippen LogP contribution in [-0.2, 0) is 6.54 Å². The molecule has 0 atom stereocenters.